The van der Waals surface area contributed by atoms with Crippen LogP contribution in [0.2, 0.25) is 23.2 Å². The maximum atomic E-state index is 6.43. The molecule has 164 valence electrons. The monoisotopic (exact) mass is 420 g/mol. The van der Waals surface area contributed by atoms with Crippen molar-refractivity contribution < 1.29 is 17.7 Å². The summed E-state index contributed by atoms with van der Waals surface area (Å²) in [4.78, 5) is 0. The second-order valence-electron chi connectivity index (χ2n) is 8.18. The fourth-order valence-corrected chi connectivity index (χ4v) is 10.4. The highest BCUT2D eigenvalue weighted by Gasteiger charge is 2.45. The zero-order valence-electron chi connectivity index (χ0n) is 19.6. The predicted molar refractivity (Wildman–Crippen MR) is 121 cm³/mol. The van der Waals surface area contributed by atoms with Gasteiger partial charge in [-0.05, 0) is 55.3 Å². The molecule has 0 bridgehead atoms. The van der Waals surface area contributed by atoms with E-state index in [1.807, 2.05) is 0 Å². The standard InChI is InChI=1S/C21H48O4Si2/c1-9-14-22-26(20(5)6,23-15-10-2)18-13-19-27(21(7)8,24-16-11-3)25-17-12-4/h20-21H,9-19H2,1-8H3. The first-order valence-corrected chi connectivity index (χ1v) is 15.6. The molecule has 0 aromatic rings. The maximum Gasteiger partial charge on any atom is 0.340 e. The fraction of sp³-hybridized carbons (Fsp3) is 1.00. The zero-order valence-corrected chi connectivity index (χ0v) is 21.6. The van der Waals surface area contributed by atoms with Gasteiger partial charge >= 0.3 is 17.1 Å². The van der Waals surface area contributed by atoms with Crippen LogP contribution >= 0.6 is 0 Å². The summed E-state index contributed by atoms with van der Waals surface area (Å²) in [7, 11) is -4.40. The van der Waals surface area contributed by atoms with Gasteiger partial charge in [-0.1, -0.05) is 55.4 Å². The van der Waals surface area contributed by atoms with Crippen molar-refractivity contribution in [3.05, 3.63) is 0 Å². The van der Waals surface area contributed by atoms with E-state index in [9.17, 15) is 0 Å². The van der Waals surface area contributed by atoms with Crippen LogP contribution < -0.4 is 0 Å². The van der Waals surface area contributed by atoms with Gasteiger partial charge < -0.3 is 17.7 Å². The Hall–Kier alpha value is 0.274. The minimum absolute atomic E-state index is 0.457. The average molecular weight is 421 g/mol. The third-order valence-corrected chi connectivity index (χ3v) is 13.4. The van der Waals surface area contributed by atoms with Crippen LogP contribution in [0.1, 0.15) is 87.5 Å². The Labute approximate surface area is 172 Å². The summed E-state index contributed by atoms with van der Waals surface area (Å²) >= 11 is 0. The molecule has 0 radical (unpaired) electrons. The van der Waals surface area contributed by atoms with Crippen LogP contribution in [0.25, 0.3) is 0 Å². The minimum Gasteiger partial charge on any atom is -0.394 e. The molecule has 0 fully saturated rings. The van der Waals surface area contributed by atoms with Crippen molar-refractivity contribution >= 4 is 17.1 Å². The highest BCUT2D eigenvalue weighted by atomic mass is 28.4. The van der Waals surface area contributed by atoms with Crippen molar-refractivity contribution in [2.75, 3.05) is 26.4 Å². The molecule has 0 aliphatic heterocycles. The van der Waals surface area contributed by atoms with Crippen molar-refractivity contribution in [2.45, 2.75) is 111 Å². The molecule has 0 heterocycles. The van der Waals surface area contributed by atoms with Crippen LogP contribution in [0.4, 0.5) is 0 Å². The largest absolute Gasteiger partial charge is 0.394 e. The Balaban J connectivity index is 5.19. The Bertz CT molecular complexity index is 303. The lowest BCUT2D eigenvalue weighted by Gasteiger charge is -2.37. The fourth-order valence-electron chi connectivity index (χ4n) is 3.30. The van der Waals surface area contributed by atoms with Gasteiger partial charge in [-0.15, -0.1) is 0 Å². The van der Waals surface area contributed by atoms with E-state index < -0.39 is 17.1 Å². The van der Waals surface area contributed by atoms with Crippen LogP contribution in [0.5, 0.6) is 0 Å². The third-order valence-electron chi connectivity index (χ3n) is 5.01. The van der Waals surface area contributed by atoms with E-state index in [-0.39, 0.29) is 0 Å². The number of rotatable bonds is 18. The van der Waals surface area contributed by atoms with E-state index in [0.717, 1.165) is 70.6 Å². The van der Waals surface area contributed by atoms with Gasteiger partial charge in [0.1, 0.15) is 0 Å². The predicted octanol–water partition coefficient (Wildman–Crippen LogP) is 6.79. The second kappa shape index (κ2) is 15.2. The summed E-state index contributed by atoms with van der Waals surface area (Å²) in [6, 6.07) is 2.08. The highest BCUT2D eigenvalue weighted by Crippen LogP contribution is 2.35. The van der Waals surface area contributed by atoms with Gasteiger partial charge in [-0.3, -0.25) is 0 Å². The molecule has 0 saturated heterocycles. The molecule has 0 unspecified atom stereocenters. The maximum absolute atomic E-state index is 6.43. The smallest absolute Gasteiger partial charge is 0.340 e. The molecule has 0 rings (SSSR count). The first-order valence-electron chi connectivity index (χ1n) is 11.4. The lowest BCUT2D eigenvalue weighted by molar-refractivity contribution is 0.153. The van der Waals surface area contributed by atoms with Gasteiger partial charge in [0.2, 0.25) is 0 Å². The second-order valence-corrected chi connectivity index (χ2v) is 15.9. The molecule has 0 aliphatic rings. The van der Waals surface area contributed by atoms with Crippen LogP contribution in [-0.2, 0) is 17.7 Å². The summed E-state index contributed by atoms with van der Waals surface area (Å²) in [5.41, 5.74) is 0.915. The topological polar surface area (TPSA) is 36.9 Å². The SMILES string of the molecule is CCCO[Si](CCC[Si](OCCC)(OCCC)C(C)C)(OCCC)C(C)C. The molecule has 27 heavy (non-hydrogen) atoms. The third kappa shape index (κ3) is 9.54. The van der Waals surface area contributed by atoms with E-state index in [2.05, 4.69) is 55.4 Å². The molecule has 0 N–H and O–H groups in total. The molecule has 0 spiro atoms. The van der Waals surface area contributed by atoms with Crippen LogP contribution in [0.3, 0.4) is 0 Å². The lowest BCUT2D eigenvalue weighted by atomic mass is 10.5. The van der Waals surface area contributed by atoms with Gasteiger partial charge in [0, 0.05) is 26.4 Å². The minimum atomic E-state index is -2.20. The van der Waals surface area contributed by atoms with Crippen LogP contribution in [-0.4, -0.2) is 43.5 Å². The molecular formula is C21H48O4Si2. The summed E-state index contributed by atoms with van der Waals surface area (Å²) in [6.45, 7) is 21.0. The molecular weight excluding hydrogens is 372 g/mol. The van der Waals surface area contributed by atoms with E-state index >= 15 is 0 Å². The zero-order chi connectivity index (χ0) is 20.8. The normalized spacial score (nSPS) is 13.1. The van der Waals surface area contributed by atoms with Crippen molar-refractivity contribution in [1.29, 1.82) is 0 Å². The first kappa shape index (κ1) is 27.3. The molecule has 0 aliphatic carbocycles. The van der Waals surface area contributed by atoms with E-state index in [4.69, 9.17) is 17.7 Å². The van der Waals surface area contributed by atoms with Crippen molar-refractivity contribution in [1.82, 2.24) is 0 Å². The van der Waals surface area contributed by atoms with Crippen LogP contribution in [0.15, 0.2) is 0 Å². The van der Waals surface area contributed by atoms with E-state index in [0.29, 0.717) is 11.1 Å². The Kier molecular flexibility index (Phi) is 15.3. The molecule has 0 aromatic heterocycles. The van der Waals surface area contributed by atoms with Crippen LogP contribution in [0, 0.1) is 0 Å². The molecule has 6 heteroatoms. The summed E-state index contributed by atoms with van der Waals surface area (Å²) in [5.74, 6) is 0. The van der Waals surface area contributed by atoms with Gasteiger partial charge in [0.25, 0.3) is 0 Å². The molecule has 0 amide bonds. The Morgan fingerprint density at radius 2 is 0.778 bits per heavy atom. The quantitative estimate of drug-likeness (QED) is 0.229. The molecule has 4 nitrogen and oxygen atoms in total. The Morgan fingerprint density at radius 3 is 0.963 bits per heavy atom. The average Bonchev–Trinajstić information content (AvgIpc) is 2.64. The van der Waals surface area contributed by atoms with E-state index in [1.165, 1.54) is 0 Å². The van der Waals surface area contributed by atoms with Gasteiger partial charge in [-0.2, -0.15) is 0 Å². The van der Waals surface area contributed by atoms with E-state index in [1.54, 1.807) is 0 Å². The van der Waals surface area contributed by atoms with Gasteiger partial charge in [0.05, 0.1) is 0 Å². The first-order chi connectivity index (χ1) is 12.8. The molecule has 0 aromatic carbocycles. The number of hydrogen-bond donors (Lipinski definition) is 0. The van der Waals surface area contributed by atoms with Gasteiger partial charge in [0.15, 0.2) is 0 Å². The molecule has 0 saturated carbocycles. The van der Waals surface area contributed by atoms with Crippen molar-refractivity contribution in [3.8, 4) is 0 Å². The number of hydrogen-bond acceptors (Lipinski definition) is 4. The van der Waals surface area contributed by atoms with Gasteiger partial charge in [-0.25, -0.2) is 0 Å². The lowest BCUT2D eigenvalue weighted by Crippen LogP contribution is -2.48. The summed E-state index contributed by atoms with van der Waals surface area (Å²) < 4.78 is 25.7. The van der Waals surface area contributed by atoms with Crippen molar-refractivity contribution in [3.63, 3.8) is 0 Å². The highest BCUT2D eigenvalue weighted by molar-refractivity contribution is 6.70. The Morgan fingerprint density at radius 1 is 0.519 bits per heavy atom. The van der Waals surface area contributed by atoms with Crippen molar-refractivity contribution in [2.24, 2.45) is 0 Å². The summed E-state index contributed by atoms with van der Waals surface area (Å²) in [5, 5.41) is 0. The summed E-state index contributed by atoms with van der Waals surface area (Å²) in [6.07, 6.45) is 5.25. The molecule has 0 atom stereocenters.